The van der Waals surface area contributed by atoms with Gasteiger partial charge in [-0.2, -0.15) is 0 Å². The molecule has 8 heteroatoms. The summed E-state index contributed by atoms with van der Waals surface area (Å²) in [6.07, 6.45) is 4.43. The Morgan fingerprint density at radius 1 is 1.10 bits per heavy atom. The number of hydrogen-bond acceptors (Lipinski definition) is 7. The van der Waals surface area contributed by atoms with Crippen LogP contribution in [0.25, 0.3) is 0 Å². The SMILES string of the molecule is CCc1ccccc1N(C(C)=O)c1nc(CN2CCN(c3ncccn3)CC2)cs1. The lowest BCUT2D eigenvalue weighted by molar-refractivity contribution is -0.115. The Balaban J connectivity index is 1.43. The zero-order chi connectivity index (χ0) is 20.9. The molecule has 0 aliphatic carbocycles. The van der Waals surface area contributed by atoms with Crippen molar-refractivity contribution in [2.45, 2.75) is 26.8 Å². The van der Waals surface area contributed by atoms with Crippen molar-refractivity contribution < 1.29 is 4.79 Å². The second-order valence-corrected chi connectivity index (χ2v) is 8.11. The van der Waals surface area contributed by atoms with Gasteiger partial charge in [-0.1, -0.05) is 25.1 Å². The van der Waals surface area contributed by atoms with E-state index >= 15 is 0 Å². The molecule has 0 radical (unpaired) electrons. The van der Waals surface area contributed by atoms with Crippen LogP contribution in [0, 0.1) is 0 Å². The molecule has 0 bridgehead atoms. The van der Waals surface area contributed by atoms with Crippen LogP contribution in [-0.2, 0) is 17.8 Å². The highest BCUT2D eigenvalue weighted by Crippen LogP contribution is 2.32. The number of carbonyl (C=O) groups is 1. The van der Waals surface area contributed by atoms with Crippen LogP contribution in [0.3, 0.4) is 0 Å². The van der Waals surface area contributed by atoms with Crippen LogP contribution in [0.1, 0.15) is 25.1 Å². The molecule has 2 aromatic heterocycles. The topological polar surface area (TPSA) is 65.5 Å². The number of aromatic nitrogens is 3. The second kappa shape index (κ2) is 9.32. The van der Waals surface area contributed by atoms with E-state index in [0.717, 1.165) is 67.2 Å². The highest BCUT2D eigenvalue weighted by molar-refractivity contribution is 7.14. The first-order chi connectivity index (χ1) is 14.7. The third-order valence-corrected chi connectivity index (χ3v) is 6.13. The van der Waals surface area contributed by atoms with Gasteiger partial charge >= 0.3 is 0 Å². The van der Waals surface area contributed by atoms with E-state index in [4.69, 9.17) is 4.98 Å². The van der Waals surface area contributed by atoms with Gasteiger partial charge in [0.2, 0.25) is 11.9 Å². The van der Waals surface area contributed by atoms with Crippen LogP contribution < -0.4 is 9.80 Å². The first-order valence-electron chi connectivity index (χ1n) is 10.2. The van der Waals surface area contributed by atoms with Gasteiger partial charge in [0, 0.05) is 57.4 Å². The molecule has 0 unspecified atom stereocenters. The minimum Gasteiger partial charge on any atom is -0.338 e. The number of hydrogen-bond donors (Lipinski definition) is 0. The first-order valence-corrected chi connectivity index (χ1v) is 11.1. The van der Waals surface area contributed by atoms with Crippen LogP contribution in [-0.4, -0.2) is 51.9 Å². The van der Waals surface area contributed by atoms with Crippen molar-refractivity contribution in [1.29, 1.82) is 0 Å². The number of carbonyl (C=O) groups excluding carboxylic acids is 1. The van der Waals surface area contributed by atoms with Gasteiger partial charge in [0.05, 0.1) is 11.4 Å². The number of thiazole rings is 1. The van der Waals surface area contributed by atoms with Crippen molar-refractivity contribution in [1.82, 2.24) is 19.9 Å². The van der Waals surface area contributed by atoms with E-state index < -0.39 is 0 Å². The third kappa shape index (κ3) is 4.49. The van der Waals surface area contributed by atoms with Crippen LogP contribution >= 0.6 is 11.3 Å². The largest absolute Gasteiger partial charge is 0.338 e. The summed E-state index contributed by atoms with van der Waals surface area (Å²) in [5, 5.41) is 2.79. The number of anilines is 3. The van der Waals surface area contributed by atoms with Crippen LogP contribution in [0.2, 0.25) is 0 Å². The van der Waals surface area contributed by atoms with E-state index in [2.05, 4.69) is 38.1 Å². The smallest absolute Gasteiger partial charge is 0.230 e. The molecular formula is C22H26N6OS. The Morgan fingerprint density at radius 3 is 2.53 bits per heavy atom. The predicted molar refractivity (Wildman–Crippen MR) is 120 cm³/mol. The minimum absolute atomic E-state index is 0.0201. The maximum Gasteiger partial charge on any atom is 0.230 e. The second-order valence-electron chi connectivity index (χ2n) is 7.27. The van der Waals surface area contributed by atoms with Gasteiger partial charge in [0.1, 0.15) is 0 Å². The van der Waals surface area contributed by atoms with Crippen molar-refractivity contribution in [2.24, 2.45) is 0 Å². The Morgan fingerprint density at radius 2 is 1.83 bits per heavy atom. The van der Waals surface area contributed by atoms with Gasteiger partial charge in [-0.05, 0) is 24.1 Å². The predicted octanol–water partition coefficient (Wildman–Crippen LogP) is 3.50. The molecule has 1 fully saturated rings. The Hall–Kier alpha value is -2.84. The average molecular weight is 423 g/mol. The molecule has 156 valence electrons. The summed E-state index contributed by atoms with van der Waals surface area (Å²) in [5.74, 6) is 0.771. The Labute approximate surface area is 181 Å². The van der Waals surface area contributed by atoms with E-state index in [0.29, 0.717) is 0 Å². The number of rotatable bonds is 6. The lowest BCUT2D eigenvalue weighted by Gasteiger charge is -2.34. The van der Waals surface area contributed by atoms with Crippen molar-refractivity contribution in [3.63, 3.8) is 0 Å². The molecule has 3 aromatic rings. The van der Waals surface area contributed by atoms with Crippen LogP contribution in [0.4, 0.5) is 16.8 Å². The maximum absolute atomic E-state index is 12.4. The summed E-state index contributed by atoms with van der Waals surface area (Å²) in [7, 11) is 0. The van der Waals surface area contributed by atoms with E-state index in [1.54, 1.807) is 24.2 Å². The molecule has 7 nitrogen and oxygen atoms in total. The molecule has 3 heterocycles. The number of aryl methyl sites for hydroxylation is 1. The normalized spacial score (nSPS) is 14.7. The van der Waals surface area contributed by atoms with E-state index in [1.807, 2.05) is 24.3 Å². The van der Waals surface area contributed by atoms with Crippen molar-refractivity contribution in [3.8, 4) is 0 Å². The summed E-state index contributed by atoms with van der Waals surface area (Å²) in [5.41, 5.74) is 3.06. The highest BCUT2D eigenvalue weighted by Gasteiger charge is 2.22. The summed E-state index contributed by atoms with van der Waals surface area (Å²) < 4.78 is 0. The molecule has 1 amide bonds. The van der Waals surface area contributed by atoms with Gasteiger partial charge < -0.3 is 4.90 Å². The molecule has 0 N–H and O–H groups in total. The summed E-state index contributed by atoms with van der Waals surface area (Å²) >= 11 is 1.52. The number of amides is 1. The molecule has 0 spiro atoms. The lowest BCUT2D eigenvalue weighted by atomic mass is 10.1. The summed E-state index contributed by atoms with van der Waals surface area (Å²) in [4.78, 5) is 32.3. The van der Waals surface area contributed by atoms with Gasteiger partial charge in [-0.25, -0.2) is 15.0 Å². The monoisotopic (exact) mass is 422 g/mol. The van der Waals surface area contributed by atoms with Crippen LogP contribution in [0.5, 0.6) is 0 Å². The molecule has 0 saturated carbocycles. The van der Waals surface area contributed by atoms with Gasteiger partial charge in [-0.15, -0.1) is 11.3 Å². The van der Waals surface area contributed by atoms with E-state index in [1.165, 1.54) is 11.3 Å². The molecule has 0 atom stereocenters. The molecule has 1 aliphatic rings. The van der Waals surface area contributed by atoms with Gasteiger partial charge in [0.25, 0.3) is 0 Å². The fourth-order valence-corrected chi connectivity index (χ4v) is 4.57. The molecule has 1 aromatic carbocycles. The standard InChI is InChI=1S/C22H26N6OS/c1-3-18-7-4-5-8-20(18)28(17(2)29)22-25-19(16-30-22)15-26-11-13-27(14-12-26)21-23-9-6-10-24-21/h4-10,16H,3,11-15H2,1-2H3. The Kier molecular flexibility index (Phi) is 6.35. The minimum atomic E-state index is -0.0201. The van der Waals surface area contributed by atoms with Crippen molar-refractivity contribution in [2.75, 3.05) is 36.0 Å². The van der Waals surface area contributed by atoms with Gasteiger partial charge in [-0.3, -0.25) is 14.6 Å². The number of benzene rings is 1. The molecule has 30 heavy (non-hydrogen) atoms. The van der Waals surface area contributed by atoms with Crippen molar-refractivity contribution >= 4 is 34.0 Å². The van der Waals surface area contributed by atoms with E-state index in [-0.39, 0.29) is 5.91 Å². The number of para-hydroxylation sites is 1. The van der Waals surface area contributed by atoms with Gasteiger partial charge in [0.15, 0.2) is 5.13 Å². The van der Waals surface area contributed by atoms with Crippen LogP contribution in [0.15, 0.2) is 48.1 Å². The highest BCUT2D eigenvalue weighted by atomic mass is 32.1. The third-order valence-electron chi connectivity index (χ3n) is 5.25. The molecular weight excluding hydrogens is 396 g/mol. The molecule has 4 rings (SSSR count). The molecule has 1 aliphatic heterocycles. The quantitative estimate of drug-likeness (QED) is 0.606. The fourth-order valence-electron chi connectivity index (χ4n) is 3.70. The zero-order valence-corrected chi connectivity index (χ0v) is 18.2. The lowest BCUT2D eigenvalue weighted by Crippen LogP contribution is -2.46. The maximum atomic E-state index is 12.4. The average Bonchev–Trinajstić information content (AvgIpc) is 3.23. The van der Waals surface area contributed by atoms with Crippen molar-refractivity contribution in [3.05, 3.63) is 59.4 Å². The number of nitrogens with zero attached hydrogens (tertiary/aromatic N) is 6. The number of piperazine rings is 1. The fraction of sp³-hybridized carbons (Fsp3) is 0.364. The summed E-state index contributed by atoms with van der Waals surface area (Å²) in [6, 6.07) is 9.87. The van der Waals surface area contributed by atoms with E-state index in [9.17, 15) is 4.79 Å². The Bertz CT molecular complexity index is 984. The molecule has 1 saturated heterocycles. The zero-order valence-electron chi connectivity index (χ0n) is 17.4. The summed E-state index contributed by atoms with van der Waals surface area (Å²) in [6.45, 7) is 8.12. The first kappa shape index (κ1) is 20.4.